The van der Waals surface area contributed by atoms with E-state index in [4.69, 9.17) is 4.74 Å². The molecule has 1 heterocycles. The third-order valence-corrected chi connectivity index (χ3v) is 6.46. The molecule has 0 saturated carbocycles. The number of ether oxygens (including phenoxy) is 1. The zero-order valence-electron chi connectivity index (χ0n) is 19.7. The largest absolute Gasteiger partial charge is 0.497 e. The van der Waals surface area contributed by atoms with E-state index in [2.05, 4.69) is 24.3 Å². The monoisotopic (exact) mass is 456 g/mol. The summed E-state index contributed by atoms with van der Waals surface area (Å²) < 4.78 is 5.20. The van der Waals surface area contributed by atoms with Crippen LogP contribution in [0.2, 0.25) is 0 Å². The molecule has 3 aromatic rings. The summed E-state index contributed by atoms with van der Waals surface area (Å²) >= 11 is 0. The minimum atomic E-state index is -0.107. The Kier molecular flexibility index (Phi) is 7.97. The van der Waals surface area contributed by atoms with Crippen molar-refractivity contribution in [3.8, 4) is 5.75 Å². The SMILES string of the molecule is COc1ccc(C(=O)N2CC(=O)N(CCCc3ccccc3)[C@@H](CCc3ccccc3)C2)cc1. The lowest BCUT2D eigenvalue weighted by Gasteiger charge is -2.41. The fourth-order valence-corrected chi connectivity index (χ4v) is 4.58. The molecule has 0 aromatic heterocycles. The van der Waals surface area contributed by atoms with Crippen LogP contribution in [0.4, 0.5) is 0 Å². The number of rotatable bonds is 9. The molecule has 5 heteroatoms. The summed E-state index contributed by atoms with van der Waals surface area (Å²) in [6, 6.07) is 27.8. The lowest BCUT2D eigenvalue weighted by Crippen LogP contribution is -2.58. The summed E-state index contributed by atoms with van der Waals surface area (Å²) in [5, 5.41) is 0. The van der Waals surface area contributed by atoms with Crippen LogP contribution in [0.15, 0.2) is 84.9 Å². The van der Waals surface area contributed by atoms with Gasteiger partial charge in [-0.2, -0.15) is 0 Å². The van der Waals surface area contributed by atoms with Crippen molar-refractivity contribution in [1.29, 1.82) is 0 Å². The number of carbonyl (C=O) groups excluding carboxylic acids is 2. The Morgan fingerprint density at radius 3 is 2.12 bits per heavy atom. The van der Waals surface area contributed by atoms with E-state index in [1.54, 1.807) is 36.3 Å². The smallest absolute Gasteiger partial charge is 0.254 e. The van der Waals surface area contributed by atoms with Gasteiger partial charge in [0.1, 0.15) is 12.3 Å². The fraction of sp³-hybridized carbons (Fsp3) is 0.310. The van der Waals surface area contributed by atoms with Crippen molar-refractivity contribution < 1.29 is 14.3 Å². The first-order valence-electron chi connectivity index (χ1n) is 11.9. The first-order valence-corrected chi connectivity index (χ1v) is 11.9. The number of piperazine rings is 1. The molecule has 0 aliphatic carbocycles. The Bertz CT molecular complexity index is 1070. The van der Waals surface area contributed by atoms with Gasteiger partial charge < -0.3 is 14.5 Å². The number of amides is 2. The van der Waals surface area contributed by atoms with Gasteiger partial charge >= 0.3 is 0 Å². The molecule has 1 aliphatic rings. The highest BCUT2D eigenvalue weighted by atomic mass is 16.5. The Morgan fingerprint density at radius 2 is 1.50 bits per heavy atom. The highest BCUT2D eigenvalue weighted by Crippen LogP contribution is 2.21. The molecule has 4 rings (SSSR count). The highest BCUT2D eigenvalue weighted by Gasteiger charge is 2.34. The van der Waals surface area contributed by atoms with Crippen LogP contribution >= 0.6 is 0 Å². The Morgan fingerprint density at radius 1 is 0.882 bits per heavy atom. The van der Waals surface area contributed by atoms with Crippen LogP contribution in [-0.4, -0.2) is 54.4 Å². The molecule has 0 spiro atoms. The molecule has 5 nitrogen and oxygen atoms in total. The first kappa shape index (κ1) is 23.6. The van der Waals surface area contributed by atoms with Gasteiger partial charge in [-0.05, 0) is 61.1 Å². The molecule has 0 unspecified atom stereocenters. The van der Waals surface area contributed by atoms with Crippen LogP contribution in [0.3, 0.4) is 0 Å². The van der Waals surface area contributed by atoms with E-state index in [1.165, 1.54) is 11.1 Å². The summed E-state index contributed by atoms with van der Waals surface area (Å²) in [6.45, 7) is 1.38. The number of nitrogens with zero attached hydrogens (tertiary/aromatic N) is 2. The summed E-state index contributed by atoms with van der Waals surface area (Å²) in [5.41, 5.74) is 3.11. The van der Waals surface area contributed by atoms with Crippen molar-refractivity contribution in [3.05, 3.63) is 102 Å². The zero-order valence-corrected chi connectivity index (χ0v) is 19.7. The second kappa shape index (κ2) is 11.5. The quantitative estimate of drug-likeness (QED) is 0.472. The van der Waals surface area contributed by atoms with E-state index in [0.717, 1.165) is 25.7 Å². The molecule has 1 saturated heterocycles. The van der Waals surface area contributed by atoms with Crippen molar-refractivity contribution in [2.75, 3.05) is 26.7 Å². The lowest BCUT2D eigenvalue weighted by atomic mass is 10.00. The third-order valence-electron chi connectivity index (χ3n) is 6.46. The maximum Gasteiger partial charge on any atom is 0.254 e. The van der Waals surface area contributed by atoms with Gasteiger partial charge in [0.2, 0.25) is 5.91 Å². The van der Waals surface area contributed by atoms with Gasteiger partial charge in [0, 0.05) is 24.7 Å². The minimum Gasteiger partial charge on any atom is -0.497 e. The van der Waals surface area contributed by atoms with E-state index in [0.29, 0.717) is 24.4 Å². The number of aryl methyl sites for hydroxylation is 2. The molecule has 1 atom stereocenters. The van der Waals surface area contributed by atoms with E-state index in [-0.39, 0.29) is 24.4 Å². The number of hydrogen-bond donors (Lipinski definition) is 0. The van der Waals surface area contributed by atoms with Crippen LogP contribution in [0.25, 0.3) is 0 Å². The predicted molar refractivity (Wildman–Crippen MR) is 134 cm³/mol. The summed E-state index contributed by atoms with van der Waals surface area (Å²) in [4.78, 5) is 30.1. The molecular weight excluding hydrogens is 424 g/mol. The number of carbonyl (C=O) groups is 2. The maximum absolute atomic E-state index is 13.2. The second-order valence-corrected chi connectivity index (χ2v) is 8.77. The van der Waals surface area contributed by atoms with Crippen molar-refractivity contribution in [2.45, 2.75) is 31.7 Å². The molecule has 1 fully saturated rings. The average molecular weight is 457 g/mol. The van der Waals surface area contributed by atoms with Crippen molar-refractivity contribution in [2.24, 2.45) is 0 Å². The standard InChI is InChI=1S/C29H32N2O3/c1-34-27-18-15-25(16-19-27)29(33)30-21-26(17-14-24-11-6-3-7-12-24)31(28(32)22-30)20-8-13-23-9-4-2-5-10-23/h2-7,9-12,15-16,18-19,26H,8,13-14,17,20-22H2,1H3/t26-/m0/s1. The van der Waals surface area contributed by atoms with Gasteiger partial charge in [0.25, 0.3) is 5.91 Å². The van der Waals surface area contributed by atoms with E-state index < -0.39 is 0 Å². The van der Waals surface area contributed by atoms with Crippen molar-refractivity contribution in [1.82, 2.24) is 9.80 Å². The molecular formula is C29H32N2O3. The second-order valence-electron chi connectivity index (χ2n) is 8.77. The van der Waals surface area contributed by atoms with Crippen LogP contribution in [0, 0.1) is 0 Å². The van der Waals surface area contributed by atoms with Crippen molar-refractivity contribution in [3.63, 3.8) is 0 Å². The van der Waals surface area contributed by atoms with Crippen LogP contribution in [-0.2, 0) is 17.6 Å². The van der Waals surface area contributed by atoms with Crippen LogP contribution in [0.1, 0.15) is 34.3 Å². The van der Waals surface area contributed by atoms with Gasteiger partial charge in [-0.1, -0.05) is 60.7 Å². The summed E-state index contributed by atoms with van der Waals surface area (Å²) in [5.74, 6) is 0.625. The number of hydrogen-bond acceptors (Lipinski definition) is 3. The normalized spacial score (nSPS) is 15.9. The minimum absolute atomic E-state index is 0.000530. The lowest BCUT2D eigenvalue weighted by molar-refractivity contribution is -0.138. The molecule has 1 aliphatic heterocycles. The van der Waals surface area contributed by atoms with E-state index in [9.17, 15) is 9.59 Å². The topological polar surface area (TPSA) is 49.9 Å². The average Bonchev–Trinajstić information content (AvgIpc) is 2.89. The highest BCUT2D eigenvalue weighted by molar-refractivity contribution is 5.97. The maximum atomic E-state index is 13.2. The Balaban J connectivity index is 1.45. The van der Waals surface area contributed by atoms with Crippen LogP contribution in [0.5, 0.6) is 5.75 Å². The fourth-order valence-electron chi connectivity index (χ4n) is 4.58. The summed E-state index contributed by atoms with van der Waals surface area (Å²) in [7, 11) is 1.60. The molecule has 34 heavy (non-hydrogen) atoms. The number of methoxy groups -OCH3 is 1. The Labute approximate surface area is 202 Å². The van der Waals surface area contributed by atoms with Gasteiger partial charge in [-0.3, -0.25) is 9.59 Å². The molecule has 0 N–H and O–H groups in total. The van der Waals surface area contributed by atoms with Crippen LogP contribution < -0.4 is 4.74 Å². The first-order chi connectivity index (χ1) is 16.6. The van der Waals surface area contributed by atoms with E-state index >= 15 is 0 Å². The zero-order chi connectivity index (χ0) is 23.8. The summed E-state index contributed by atoms with van der Waals surface area (Å²) in [6.07, 6.45) is 3.54. The van der Waals surface area contributed by atoms with Crippen molar-refractivity contribution >= 4 is 11.8 Å². The third kappa shape index (κ3) is 6.04. The molecule has 0 radical (unpaired) electrons. The molecule has 3 aromatic carbocycles. The number of benzene rings is 3. The van der Waals surface area contributed by atoms with Gasteiger partial charge in [-0.15, -0.1) is 0 Å². The Hall–Kier alpha value is -3.60. The molecule has 0 bridgehead atoms. The van der Waals surface area contributed by atoms with Gasteiger partial charge in [0.05, 0.1) is 7.11 Å². The van der Waals surface area contributed by atoms with Gasteiger partial charge in [0.15, 0.2) is 0 Å². The molecule has 176 valence electrons. The van der Waals surface area contributed by atoms with E-state index in [1.807, 2.05) is 41.3 Å². The predicted octanol–water partition coefficient (Wildman–Crippen LogP) is 4.61. The molecule has 2 amide bonds. The van der Waals surface area contributed by atoms with Gasteiger partial charge in [-0.25, -0.2) is 0 Å².